The molecule has 0 saturated carbocycles. The number of halogens is 1. The van der Waals surface area contributed by atoms with Crippen LogP contribution in [0.15, 0.2) is 30.6 Å². The van der Waals surface area contributed by atoms with Gasteiger partial charge in [-0.2, -0.15) is 0 Å². The van der Waals surface area contributed by atoms with Gasteiger partial charge in [-0.25, -0.2) is 0 Å². The molecule has 1 saturated heterocycles. The molecule has 0 bridgehead atoms. The van der Waals surface area contributed by atoms with Gasteiger partial charge in [0, 0.05) is 36.5 Å². The molecule has 27 heavy (non-hydrogen) atoms. The van der Waals surface area contributed by atoms with Crippen LogP contribution < -0.4 is 0 Å². The van der Waals surface area contributed by atoms with E-state index in [4.69, 9.17) is 0 Å². The molecule has 144 valence electrons. The first-order chi connectivity index (χ1) is 12.7. The van der Waals surface area contributed by atoms with Crippen molar-refractivity contribution in [3.8, 4) is 11.3 Å². The zero-order valence-corrected chi connectivity index (χ0v) is 16.8. The van der Waals surface area contributed by atoms with E-state index in [2.05, 4.69) is 30.7 Å². The summed E-state index contributed by atoms with van der Waals surface area (Å²) < 4.78 is 13.1. The minimum atomic E-state index is -0.384. The average molecular weight is 369 g/mol. The van der Waals surface area contributed by atoms with E-state index >= 15 is 0 Å². The maximum absolute atomic E-state index is 13.5. The minimum absolute atomic E-state index is 0.0348. The van der Waals surface area contributed by atoms with Gasteiger partial charge in [0.2, 0.25) is 0 Å². The van der Waals surface area contributed by atoms with Crippen LogP contribution in [-0.2, 0) is 6.42 Å². The first-order valence-electron chi connectivity index (χ1n) is 9.49. The van der Waals surface area contributed by atoms with Crippen molar-refractivity contribution in [3.05, 3.63) is 47.4 Å². The first kappa shape index (κ1) is 19.5. The smallest absolute Gasteiger partial charge is 0.255 e. The number of hydrogen-bond acceptors (Lipinski definition) is 3. The third-order valence-corrected chi connectivity index (χ3v) is 5.29. The van der Waals surface area contributed by atoms with Gasteiger partial charge in [-0.3, -0.25) is 19.2 Å². The first-order valence-corrected chi connectivity index (χ1v) is 9.49. The van der Waals surface area contributed by atoms with Crippen LogP contribution in [0, 0.1) is 18.3 Å². The van der Waals surface area contributed by atoms with Crippen molar-refractivity contribution in [1.82, 2.24) is 14.9 Å². The molecule has 2 heterocycles. The molecule has 1 fully saturated rings. The van der Waals surface area contributed by atoms with Crippen LogP contribution in [0.3, 0.4) is 0 Å². The Balaban J connectivity index is 2.11. The van der Waals surface area contributed by atoms with Gasteiger partial charge in [0.1, 0.15) is 0 Å². The van der Waals surface area contributed by atoms with E-state index in [0.29, 0.717) is 12.1 Å². The number of amides is 1. The number of alkyl halides is 1. The summed E-state index contributed by atoms with van der Waals surface area (Å²) in [6.07, 6.45) is 4.08. The second kappa shape index (κ2) is 7.37. The Bertz CT molecular complexity index is 844. The van der Waals surface area contributed by atoms with Crippen LogP contribution in [0.25, 0.3) is 11.3 Å². The quantitative estimate of drug-likeness (QED) is 0.799. The predicted molar refractivity (Wildman–Crippen MR) is 105 cm³/mol. The largest absolute Gasteiger partial charge is 0.335 e. The van der Waals surface area contributed by atoms with Gasteiger partial charge in [0.25, 0.3) is 5.91 Å². The summed E-state index contributed by atoms with van der Waals surface area (Å²) >= 11 is 0. The standard InChI is InChI=1S/C22H28FN3O/c1-14-20(25-10-9-24-14)18-8-6-7-16(11-22(3,4)5)19(18)21(27)26-13-17(12-23)15(26)2/h6-10,15,17H,11-13H2,1-5H3/t15-,17-/m0/s1. The van der Waals surface area contributed by atoms with Crippen LogP contribution in [-0.4, -0.2) is 40.0 Å². The highest BCUT2D eigenvalue weighted by molar-refractivity contribution is 6.02. The zero-order valence-electron chi connectivity index (χ0n) is 16.8. The molecule has 4 nitrogen and oxygen atoms in total. The second-order valence-electron chi connectivity index (χ2n) is 8.68. The molecular weight excluding hydrogens is 341 g/mol. The molecule has 1 amide bonds. The van der Waals surface area contributed by atoms with Gasteiger partial charge >= 0.3 is 0 Å². The summed E-state index contributed by atoms with van der Waals surface area (Å²) in [6, 6.07) is 5.85. The Morgan fingerprint density at radius 2 is 1.96 bits per heavy atom. The van der Waals surface area contributed by atoms with Crippen molar-refractivity contribution in [2.45, 2.75) is 47.1 Å². The number of carbonyl (C=O) groups excluding carboxylic acids is 1. The summed E-state index contributed by atoms with van der Waals surface area (Å²) in [4.78, 5) is 24.1. The van der Waals surface area contributed by atoms with E-state index in [0.717, 1.165) is 28.9 Å². The fraction of sp³-hybridized carbons (Fsp3) is 0.500. The molecule has 3 rings (SSSR count). The molecule has 0 N–H and O–H groups in total. The second-order valence-corrected chi connectivity index (χ2v) is 8.68. The van der Waals surface area contributed by atoms with Crippen molar-refractivity contribution >= 4 is 5.91 Å². The van der Waals surface area contributed by atoms with Gasteiger partial charge in [0.05, 0.1) is 23.6 Å². The number of rotatable bonds is 4. The molecule has 1 aliphatic rings. The topological polar surface area (TPSA) is 46.1 Å². The molecule has 2 aromatic rings. The lowest BCUT2D eigenvalue weighted by molar-refractivity contribution is 0.0139. The van der Waals surface area contributed by atoms with E-state index in [1.54, 1.807) is 17.3 Å². The molecule has 1 aromatic heterocycles. The molecule has 1 aromatic carbocycles. The lowest BCUT2D eigenvalue weighted by Gasteiger charge is -2.45. The molecule has 0 radical (unpaired) electrons. The van der Waals surface area contributed by atoms with E-state index in [9.17, 15) is 9.18 Å². The van der Waals surface area contributed by atoms with Gasteiger partial charge in [-0.1, -0.05) is 39.0 Å². The normalized spacial score (nSPS) is 19.7. The summed E-state index contributed by atoms with van der Waals surface area (Å²) in [5.41, 5.74) is 4.05. The number of carbonyl (C=O) groups is 1. The number of aromatic nitrogens is 2. The Morgan fingerprint density at radius 3 is 2.56 bits per heavy atom. The Hall–Kier alpha value is -2.30. The van der Waals surface area contributed by atoms with Crippen molar-refractivity contribution < 1.29 is 9.18 Å². The Morgan fingerprint density at radius 1 is 1.26 bits per heavy atom. The molecular formula is C22H28FN3O. The highest BCUT2D eigenvalue weighted by Crippen LogP contribution is 2.34. The summed E-state index contributed by atoms with van der Waals surface area (Å²) in [5.74, 6) is -0.0995. The lowest BCUT2D eigenvalue weighted by Crippen LogP contribution is -2.58. The van der Waals surface area contributed by atoms with Crippen LogP contribution in [0.5, 0.6) is 0 Å². The van der Waals surface area contributed by atoms with Crippen LogP contribution in [0.2, 0.25) is 0 Å². The number of nitrogens with zero attached hydrogens (tertiary/aromatic N) is 3. The van der Waals surface area contributed by atoms with Gasteiger partial charge in [-0.15, -0.1) is 0 Å². The number of aryl methyl sites for hydroxylation is 1. The highest BCUT2D eigenvalue weighted by Gasteiger charge is 2.40. The lowest BCUT2D eigenvalue weighted by atomic mass is 9.83. The monoisotopic (exact) mass is 369 g/mol. The molecule has 0 unspecified atom stereocenters. The summed E-state index contributed by atoms with van der Waals surface area (Å²) in [6.45, 7) is 10.4. The van der Waals surface area contributed by atoms with Gasteiger partial charge in [-0.05, 0) is 31.2 Å². The minimum Gasteiger partial charge on any atom is -0.335 e. The number of likely N-dealkylation sites (tertiary alicyclic amines) is 1. The number of hydrogen-bond donors (Lipinski definition) is 0. The predicted octanol–water partition coefficient (Wildman–Crippen LogP) is 4.47. The SMILES string of the molecule is Cc1nccnc1-c1cccc(CC(C)(C)C)c1C(=O)N1C[C@H](CF)[C@@H]1C. The van der Waals surface area contributed by atoms with Gasteiger partial charge in [0.15, 0.2) is 0 Å². The van der Waals surface area contributed by atoms with Gasteiger partial charge < -0.3 is 4.90 Å². The van der Waals surface area contributed by atoms with Crippen LogP contribution >= 0.6 is 0 Å². The average Bonchev–Trinajstić information content (AvgIpc) is 2.59. The molecule has 0 aliphatic carbocycles. The van der Waals surface area contributed by atoms with E-state index in [-0.39, 0.29) is 30.0 Å². The van der Waals surface area contributed by atoms with Crippen molar-refractivity contribution in [3.63, 3.8) is 0 Å². The maximum atomic E-state index is 13.5. The highest BCUT2D eigenvalue weighted by atomic mass is 19.1. The molecule has 1 aliphatic heterocycles. The van der Waals surface area contributed by atoms with E-state index in [1.807, 2.05) is 32.0 Å². The fourth-order valence-electron chi connectivity index (χ4n) is 3.72. The Kier molecular flexibility index (Phi) is 5.31. The third-order valence-electron chi connectivity index (χ3n) is 5.29. The maximum Gasteiger partial charge on any atom is 0.255 e. The van der Waals surface area contributed by atoms with Crippen molar-refractivity contribution in [1.29, 1.82) is 0 Å². The summed E-state index contributed by atoms with van der Waals surface area (Å²) in [7, 11) is 0. The summed E-state index contributed by atoms with van der Waals surface area (Å²) in [5, 5.41) is 0. The Labute approximate surface area is 160 Å². The third kappa shape index (κ3) is 3.87. The fourth-order valence-corrected chi connectivity index (χ4v) is 3.72. The van der Waals surface area contributed by atoms with E-state index in [1.165, 1.54) is 0 Å². The van der Waals surface area contributed by atoms with Crippen molar-refractivity contribution in [2.75, 3.05) is 13.2 Å². The van der Waals surface area contributed by atoms with Crippen molar-refractivity contribution in [2.24, 2.45) is 11.3 Å². The van der Waals surface area contributed by atoms with Crippen LogP contribution in [0.4, 0.5) is 4.39 Å². The van der Waals surface area contributed by atoms with E-state index < -0.39 is 0 Å². The number of benzene rings is 1. The molecule has 0 spiro atoms. The van der Waals surface area contributed by atoms with Crippen LogP contribution in [0.1, 0.15) is 49.3 Å². The molecule has 2 atom stereocenters. The zero-order chi connectivity index (χ0) is 19.8. The molecule has 5 heteroatoms.